The molecule has 4 heteroatoms. The zero-order valence-corrected chi connectivity index (χ0v) is 13.3. The van der Waals surface area contributed by atoms with E-state index >= 15 is 0 Å². The van der Waals surface area contributed by atoms with Crippen LogP contribution in [0, 0.1) is 0 Å². The first-order chi connectivity index (χ1) is 10.5. The fourth-order valence-corrected chi connectivity index (χ4v) is 3.01. The molecule has 0 radical (unpaired) electrons. The van der Waals surface area contributed by atoms with Crippen LogP contribution < -0.4 is 0 Å². The summed E-state index contributed by atoms with van der Waals surface area (Å²) in [5, 5.41) is 6.29. The van der Waals surface area contributed by atoms with Crippen molar-refractivity contribution in [3.05, 3.63) is 53.4 Å². The highest BCUT2D eigenvalue weighted by Crippen LogP contribution is 2.33. The van der Waals surface area contributed by atoms with E-state index in [4.69, 9.17) is 0 Å². The van der Waals surface area contributed by atoms with E-state index in [1.54, 1.807) is 29.5 Å². The van der Waals surface area contributed by atoms with Gasteiger partial charge in [-0.1, -0.05) is 12.2 Å². The second-order valence-corrected chi connectivity index (χ2v) is 6.47. The fourth-order valence-electron chi connectivity index (χ4n) is 3.01. The number of pyridine rings is 1. The number of amides is 1. The van der Waals surface area contributed by atoms with Crippen LogP contribution in [0.5, 0.6) is 0 Å². The van der Waals surface area contributed by atoms with Gasteiger partial charge in [-0.05, 0) is 56.9 Å². The molecule has 22 heavy (non-hydrogen) atoms. The van der Waals surface area contributed by atoms with Gasteiger partial charge in [0.2, 0.25) is 0 Å². The van der Waals surface area contributed by atoms with Crippen molar-refractivity contribution in [1.29, 1.82) is 0 Å². The van der Waals surface area contributed by atoms with Crippen LogP contribution in [0.1, 0.15) is 50.4 Å². The van der Waals surface area contributed by atoms with Crippen molar-refractivity contribution in [3.63, 3.8) is 0 Å². The summed E-state index contributed by atoms with van der Waals surface area (Å²) in [6, 6.07) is 3.47. The third kappa shape index (κ3) is 2.61. The molecule has 0 atom stereocenters. The van der Waals surface area contributed by atoms with Crippen LogP contribution in [0.15, 0.2) is 52.9 Å². The summed E-state index contributed by atoms with van der Waals surface area (Å²) in [7, 11) is 0. The second-order valence-electron chi connectivity index (χ2n) is 6.47. The van der Waals surface area contributed by atoms with E-state index in [0.29, 0.717) is 5.56 Å². The van der Waals surface area contributed by atoms with Gasteiger partial charge in [0.1, 0.15) is 0 Å². The highest BCUT2D eigenvalue weighted by atomic mass is 16.2. The molecule has 0 aromatic carbocycles. The molecule has 1 amide bonds. The minimum absolute atomic E-state index is 0.0690. The molecular formula is C18H21N3O. The maximum atomic E-state index is 12.7. The summed E-state index contributed by atoms with van der Waals surface area (Å²) in [6.45, 7) is 6.24. The van der Waals surface area contributed by atoms with E-state index in [1.807, 2.05) is 0 Å². The summed E-state index contributed by atoms with van der Waals surface area (Å²) >= 11 is 0. The Hall–Kier alpha value is -2.23. The number of hydrogen-bond acceptors (Lipinski definition) is 3. The molecule has 1 aliphatic carbocycles. The Labute approximate surface area is 131 Å². The fraction of sp³-hybridized carbons (Fsp3) is 0.389. The quantitative estimate of drug-likeness (QED) is 0.834. The number of aromatic nitrogens is 1. The van der Waals surface area contributed by atoms with Crippen LogP contribution in [-0.2, 0) is 0 Å². The van der Waals surface area contributed by atoms with Crippen molar-refractivity contribution < 1.29 is 4.79 Å². The summed E-state index contributed by atoms with van der Waals surface area (Å²) in [5.41, 5.74) is 3.79. The van der Waals surface area contributed by atoms with E-state index in [9.17, 15) is 4.79 Å². The molecule has 2 aliphatic rings. The first-order valence-corrected chi connectivity index (χ1v) is 7.69. The largest absolute Gasteiger partial charge is 0.274 e. The van der Waals surface area contributed by atoms with Gasteiger partial charge in [-0.3, -0.25) is 9.78 Å². The molecule has 0 saturated carbocycles. The molecule has 1 aromatic heterocycles. The van der Waals surface area contributed by atoms with Gasteiger partial charge < -0.3 is 0 Å². The minimum Gasteiger partial charge on any atom is -0.267 e. The van der Waals surface area contributed by atoms with Crippen molar-refractivity contribution in [3.8, 4) is 0 Å². The topological polar surface area (TPSA) is 45.6 Å². The zero-order chi connectivity index (χ0) is 15.7. The monoisotopic (exact) mass is 295 g/mol. The van der Waals surface area contributed by atoms with Crippen LogP contribution in [0.2, 0.25) is 0 Å². The van der Waals surface area contributed by atoms with E-state index in [1.165, 1.54) is 11.1 Å². The van der Waals surface area contributed by atoms with Crippen molar-refractivity contribution in [2.75, 3.05) is 0 Å². The van der Waals surface area contributed by atoms with Gasteiger partial charge in [-0.2, -0.15) is 5.10 Å². The smallest absolute Gasteiger partial charge is 0.267 e. The Bertz CT molecular complexity index is 684. The molecule has 0 N–H and O–H groups in total. The Balaban J connectivity index is 1.92. The van der Waals surface area contributed by atoms with Gasteiger partial charge >= 0.3 is 0 Å². The third-order valence-corrected chi connectivity index (χ3v) is 4.22. The Morgan fingerprint density at radius 1 is 1.18 bits per heavy atom. The van der Waals surface area contributed by atoms with Gasteiger partial charge in [0.05, 0.1) is 11.3 Å². The van der Waals surface area contributed by atoms with Gasteiger partial charge in [0, 0.05) is 24.4 Å². The van der Waals surface area contributed by atoms with E-state index in [2.05, 4.69) is 43.0 Å². The van der Waals surface area contributed by atoms with Crippen LogP contribution in [-0.4, -0.2) is 27.2 Å². The molecule has 1 aromatic rings. The lowest BCUT2D eigenvalue weighted by atomic mass is 9.89. The molecule has 4 nitrogen and oxygen atoms in total. The van der Waals surface area contributed by atoms with Crippen molar-refractivity contribution in [1.82, 2.24) is 9.99 Å². The summed E-state index contributed by atoms with van der Waals surface area (Å²) < 4.78 is 0. The molecule has 0 bridgehead atoms. The van der Waals surface area contributed by atoms with Crippen molar-refractivity contribution in [2.24, 2.45) is 5.10 Å². The average molecular weight is 295 g/mol. The number of carbonyl (C=O) groups is 1. The average Bonchev–Trinajstić information content (AvgIpc) is 2.83. The van der Waals surface area contributed by atoms with Gasteiger partial charge in [-0.15, -0.1) is 0 Å². The SMILES string of the molecule is CC1=CCCC=C1C1=NN(C(=O)c2ccncc2)C(C)(C)C1. The van der Waals surface area contributed by atoms with E-state index in [-0.39, 0.29) is 11.4 Å². The predicted molar refractivity (Wildman–Crippen MR) is 87.6 cm³/mol. The number of allylic oxidation sites excluding steroid dienone is 4. The second kappa shape index (κ2) is 5.52. The lowest BCUT2D eigenvalue weighted by Crippen LogP contribution is -2.40. The number of rotatable bonds is 2. The maximum absolute atomic E-state index is 12.7. The van der Waals surface area contributed by atoms with E-state index in [0.717, 1.165) is 25.0 Å². The highest BCUT2D eigenvalue weighted by molar-refractivity contribution is 6.07. The predicted octanol–water partition coefficient (Wildman–Crippen LogP) is 3.73. The molecule has 0 fully saturated rings. The number of hydrazone groups is 1. The number of hydrogen-bond donors (Lipinski definition) is 0. The number of nitrogens with zero attached hydrogens (tertiary/aromatic N) is 3. The standard InChI is InChI=1S/C18H21N3O/c1-13-6-4-5-7-15(13)16-12-18(2,3)21(20-16)17(22)14-8-10-19-11-9-14/h6-11H,4-5,12H2,1-3H3. The summed E-state index contributed by atoms with van der Waals surface area (Å²) in [4.78, 5) is 16.7. The van der Waals surface area contributed by atoms with Crippen LogP contribution in [0.3, 0.4) is 0 Å². The first kappa shape index (κ1) is 14.7. The van der Waals surface area contributed by atoms with Gasteiger partial charge in [-0.25, -0.2) is 5.01 Å². The first-order valence-electron chi connectivity index (χ1n) is 7.69. The molecule has 0 saturated heterocycles. The van der Waals surface area contributed by atoms with Crippen LogP contribution in [0.4, 0.5) is 0 Å². The van der Waals surface area contributed by atoms with Gasteiger partial charge in [0.25, 0.3) is 5.91 Å². The molecule has 1 aliphatic heterocycles. The lowest BCUT2D eigenvalue weighted by Gasteiger charge is -2.28. The molecule has 3 rings (SSSR count). The number of carbonyl (C=O) groups excluding carboxylic acids is 1. The Morgan fingerprint density at radius 3 is 2.55 bits per heavy atom. The molecule has 114 valence electrons. The summed E-state index contributed by atoms with van der Waals surface area (Å²) in [5.74, 6) is -0.0690. The maximum Gasteiger partial charge on any atom is 0.274 e. The van der Waals surface area contributed by atoms with Crippen LogP contribution in [0.25, 0.3) is 0 Å². The van der Waals surface area contributed by atoms with Crippen LogP contribution >= 0.6 is 0 Å². The normalized spacial score (nSPS) is 20.3. The molecule has 0 spiro atoms. The van der Waals surface area contributed by atoms with Crippen molar-refractivity contribution in [2.45, 2.75) is 45.6 Å². The van der Waals surface area contributed by atoms with Crippen molar-refractivity contribution >= 4 is 11.6 Å². The van der Waals surface area contributed by atoms with Gasteiger partial charge in [0.15, 0.2) is 0 Å². The highest BCUT2D eigenvalue weighted by Gasteiger charge is 2.39. The summed E-state index contributed by atoms with van der Waals surface area (Å²) in [6.07, 6.45) is 10.7. The lowest BCUT2D eigenvalue weighted by molar-refractivity contribution is 0.0612. The Morgan fingerprint density at radius 2 is 1.86 bits per heavy atom. The third-order valence-electron chi connectivity index (χ3n) is 4.22. The Kier molecular flexibility index (Phi) is 3.69. The molecular weight excluding hydrogens is 274 g/mol. The van der Waals surface area contributed by atoms with E-state index < -0.39 is 0 Å². The molecule has 0 unspecified atom stereocenters. The minimum atomic E-state index is -0.311. The zero-order valence-electron chi connectivity index (χ0n) is 13.3. The molecule has 2 heterocycles.